The van der Waals surface area contributed by atoms with Crippen LogP contribution in [0.3, 0.4) is 0 Å². The van der Waals surface area contributed by atoms with E-state index in [0.717, 1.165) is 10.6 Å². The van der Waals surface area contributed by atoms with Crippen LogP contribution < -0.4 is 10.2 Å². The predicted molar refractivity (Wildman–Crippen MR) is 95.9 cm³/mol. The number of amides is 2. The van der Waals surface area contributed by atoms with Crippen molar-refractivity contribution in [3.63, 3.8) is 0 Å². The monoisotopic (exact) mass is 356 g/mol. The number of carbonyl (C=O) groups excluding carboxylic acids is 3. The minimum absolute atomic E-state index is 0.0845. The normalized spacial score (nSPS) is 13.2. The van der Waals surface area contributed by atoms with E-state index in [1.165, 1.54) is 29.8 Å². The van der Waals surface area contributed by atoms with E-state index in [-0.39, 0.29) is 18.4 Å². The summed E-state index contributed by atoms with van der Waals surface area (Å²) >= 11 is 1.46. The summed E-state index contributed by atoms with van der Waals surface area (Å²) in [4.78, 5) is 38.6. The molecule has 0 bridgehead atoms. The number of methoxy groups -OCH3 is 1. The number of rotatable bonds is 4. The van der Waals surface area contributed by atoms with Crippen LogP contribution in [0.1, 0.15) is 10.4 Å². The number of anilines is 2. The molecular weight excluding hydrogens is 340 g/mol. The number of thioether (sulfide) groups is 1. The van der Waals surface area contributed by atoms with Gasteiger partial charge in [-0.15, -0.1) is 11.8 Å². The molecule has 128 valence electrons. The Balaban J connectivity index is 1.73. The molecule has 2 aromatic rings. The van der Waals surface area contributed by atoms with Crippen molar-refractivity contribution in [3.8, 4) is 0 Å². The van der Waals surface area contributed by atoms with E-state index in [9.17, 15) is 14.4 Å². The molecule has 0 unspecified atom stereocenters. The molecule has 0 fully saturated rings. The molecule has 1 aliphatic rings. The van der Waals surface area contributed by atoms with Crippen molar-refractivity contribution in [1.29, 1.82) is 0 Å². The van der Waals surface area contributed by atoms with Crippen LogP contribution in [0.25, 0.3) is 0 Å². The molecule has 2 amide bonds. The molecule has 1 N–H and O–H groups in total. The van der Waals surface area contributed by atoms with Crippen LogP contribution in [0.5, 0.6) is 0 Å². The van der Waals surface area contributed by atoms with E-state index in [4.69, 9.17) is 0 Å². The number of ether oxygens (including phenoxy) is 1. The van der Waals surface area contributed by atoms with Crippen LogP contribution in [-0.2, 0) is 14.3 Å². The van der Waals surface area contributed by atoms with Gasteiger partial charge in [0.15, 0.2) is 0 Å². The lowest BCUT2D eigenvalue weighted by molar-refractivity contribution is -0.120. The third-order valence-corrected chi connectivity index (χ3v) is 4.72. The van der Waals surface area contributed by atoms with Crippen LogP contribution in [0.4, 0.5) is 11.4 Å². The number of hydrogen-bond donors (Lipinski definition) is 1. The number of para-hydroxylation sites is 1. The largest absolute Gasteiger partial charge is 0.465 e. The van der Waals surface area contributed by atoms with Crippen LogP contribution in [0, 0.1) is 0 Å². The van der Waals surface area contributed by atoms with Gasteiger partial charge in [0.25, 0.3) is 0 Å². The smallest absolute Gasteiger partial charge is 0.337 e. The maximum atomic E-state index is 12.4. The fraction of sp³-hybridized carbons (Fsp3) is 0.167. The van der Waals surface area contributed by atoms with E-state index in [2.05, 4.69) is 10.1 Å². The van der Waals surface area contributed by atoms with Crippen molar-refractivity contribution in [1.82, 2.24) is 0 Å². The number of carbonyl (C=O) groups is 3. The lowest BCUT2D eigenvalue weighted by Gasteiger charge is -2.28. The Labute approximate surface area is 149 Å². The van der Waals surface area contributed by atoms with Crippen molar-refractivity contribution < 1.29 is 19.1 Å². The highest BCUT2D eigenvalue weighted by Crippen LogP contribution is 2.34. The number of hydrogen-bond acceptors (Lipinski definition) is 5. The summed E-state index contributed by atoms with van der Waals surface area (Å²) < 4.78 is 4.66. The average Bonchev–Trinajstić information content (AvgIpc) is 2.63. The topological polar surface area (TPSA) is 75.7 Å². The zero-order valence-electron chi connectivity index (χ0n) is 13.5. The van der Waals surface area contributed by atoms with Crippen molar-refractivity contribution >= 4 is 40.9 Å². The summed E-state index contributed by atoms with van der Waals surface area (Å²) in [6, 6.07) is 13.9. The number of nitrogens with zero attached hydrogens (tertiary/aromatic N) is 1. The standard InChI is InChI=1S/C18H16N2O4S/c1-24-18(23)12-5-4-6-13(9-12)19-16(21)10-20-14-7-2-3-8-15(14)25-11-17(20)22/h2-9H,10-11H2,1H3,(H,19,21). The minimum atomic E-state index is -0.478. The van der Waals surface area contributed by atoms with Gasteiger partial charge in [-0.05, 0) is 30.3 Å². The molecule has 0 radical (unpaired) electrons. The molecule has 7 heteroatoms. The molecule has 0 aromatic heterocycles. The quantitative estimate of drug-likeness (QED) is 0.852. The second kappa shape index (κ2) is 7.40. The lowest BCUT2D eigenvalue weighted by atomic mass is 10.2. The highest BCUT2D eigenvalue weighted by atomic mass is 32.2. The van der Waals surface area contributed by atoms with Gasteiger partial charge < -0.3 is 15.0 Å². The first kappa shape index (κ1) is 17.0. The SMILES string of the molecule is COC(=O)c1cccc(NC(=O)CN2C(=O)CSc3ccccc32)c1. The Kier molecular flexibility index (Phi) is 5.04. The number of fused-ring (bicyclic) bond motifs is 1. The Morgan fingerprint density at radius 2 is 2.00 bits per heavy atom. The van der Waals surface area contributed by atoms with Gasteiger partial charge >= 0.3 is 5.97 Å². The molecule has 3 rings (SSSR count). The second-order valence-electron chi connectivity index (χ2n) is 5.36. The number of esters is 1. The van der Waals surface area contributed by atoms with Gasteiger partial charge in [0.1, 0.15) is 6.54 Å². The first-order valence-electron chi connectivity index (χ1n) is 7.59. The molecule has 0 saturated heterocycles. The third-order valence-electron chi connectivity index (χ3n) is 3.68. The van der Waals surface area contributed by atoms with Crippen molar-refractivity contribution in [2.75, 3.05) is 29.6 Å². The zero-order chi connectivity index (χ0) is 17.8. The summed E-state index contributed by atoms with van der Waals surface area (Å²) in [5.74, 6) is -0.616. The van der Waals surface area contributed by atoms with Crippen molar-refractivity contribution in [2.24, 2.45) is 0 Å². The molecule has 25 heavy (non-hydrogen) atoms. The molecule has 0 atom stereocenters. The van der Waals surface area contributed by atoms with Crippen molar-refractivity contribution in [3.05, 3.63) is 54.1 Å². The van der Waals surface area contributed by atoms with E-state index >= 15 is 0 Å². The Bertz CT molecular complexity index is 837. The number of nitrogens with one attached hydrogen (secondary N) is 1. The van der Waals surface area contributed by atoms with Gasteiger partial charge in [0.2, 0.25) is 11.8 Å². The van der Waals surface area contributed by atoms with Crippen LogP contribution in [-0.4, -0.2) is 37.2 Å². The zero-order valence-corrected chi connectivity index (χ0v) is 14.3. The average molecular weight is 356 g/mol. The van der Waals surface area contributed by atoms with E-state index in [1.807, 2.05) is 24.3 Å². The minimum Gasteiger partial charge on any atom is -0.465 e. The Morgan fingerprint density at radius 3 is 2.80 bits per heavy atom. The number of benzene rings is 2. The first-order valence-corrected chi connectivity index (χ1v) is 8.57. The van der Waals surface area contributed by atoms with Gasteiger partial charge in [0, 0.05) is 10.6 Å². The van der Waals surface area contributed by atoms with Crippen LogP contribution in [0.2, 0.25) is 0 Å². The van der Waals surface area contributed by atoms with Crippen LogP contribution in [0.15, 0.2) is 53.4 Å². The first-order chi connectivity index (χ1) is 12.1. The molecule has 1 heterocycles. The van der Waals surface area contributed by atoms with Gasteiger partial charge in [-0.2, -0.15) is 0 Å². The lowest BCUT2D eigenvalue weighted by Crippen LogP contribution is -2.41. The molecule has 0 aliphatic carbocycles. The van der Waals surface area contributed by atoms with Crippen LogP contribution >= 0.6 is 11.8 Å². The fourth-order valence-electron chi connectivity index (χ4n) is 2.51. The van der Waals surface area contributed by atoms with E-state index in [1.54, 1.807) is 18.2 Å². The van der Waals surface area contributed by atoms with Gasteiger partial charge in [0.05, 0.1) is 24.1 Å². The van der Waals surface area contributed by atoms with E-state index in [0.29, 0.717) is 17.0 Å². The molecule has 0 spiro atoms. The Hall–Kier alpha value is -2.80. The van der Waals surface area contributed by atoms with Gasteiger partial charge in [-0.1, -0.05) is 18.2 Å². The summed E-state index contributed by atoms with van der Waals surface area (Å²) in [6.45, 7) is -0.0845. The Morgan fingerprint density at radius 1 is 1.20 bits per heavy atom. The predicted octanol–water partition coefficient (Wildman–Crippen LogP) is 2.55. The maximum Gasteiger partial charge on any atom is 0.337 e. The maximum absolute atomic E-state index is 12.4. The molecule has 0 saturated carbocycles. The molecule has 2 aromatic carbocycles. The second-order valence-corrected chi connectivity index (χ2v) is 6.37. The summed E-state index contributed by atoms with van der Waals surface area (Å²) in [5.41, 5.74) is 1.55. The van der Waals surface area contributed by atoms with E-state index < -0.39 is 5.97 Å². The highest BCUT2D eigenvalue weighted by Gasteiger charge is 2.26. The molecule has 6 nitrogen and oxygen atoms in total. The van der Waals surface area contributed by atoms with Gasteiger partial charge in [-0.3, -0.25) is 9.59 Å². The highest BCUT2D eigenvalue weighted by molar-refractivity contribution is 8.00. The fourth-order valence-corrected chi connectivity index (χ4v) is 3.45. The summed E-state index contributed by atoms with van der Waals surface area (Å²) in [7, 11) is 1.30. The summed E-state index contributed by atoms with van der Waals surface area (Å²) in [6.07, 6.45) is 0. The molecular formula is C18H16N2O4S. The van der Waals surface area contributed by atoms with Gasteiger partial charge in [-0.25, -0.2) is 4.79 Å². The third kappa shape index (κ3) is 3.83. The summed E-state index contributed by atoms with van der Waals surface area (Å²) in [5, 5.41) is 2.71. The van der Waals surface area contributed by atoms with Crippen molar-refractivity contribution in [2.45, 2.75) is 4.90 Å². The molecule has 1 aliphatic heterocycles.